The quantitative estimate of drug-likeness (QED) is 0.402. The molecule has 6 rings (SSSR count). The number of furan rings is 1. The predicted octanol–water partition coefficient (Wildman–Crippen LogP) is 4.78. The normalized spacial score (nSPS) is 30.9. The van der Waals surface area contributed by atoms with Gasteiger partial charge in [-0.15, -0.1) is 0 Å². The third-order valence-corrected chi connectivity index (χ3v) is 7.52. The molecule has 4 aliphatic rings. The molecule has 2 bridgehead atoms. The Labute approximate surface area is 177 Å². The molecule has 3 fully saturated rings. The molecule has 1 saturated heterocycles. The van der Waals surface area contributed by atoms with E-state index < -0.39 is 0 Å². The summed E-state index contributed by atoms with van der Waals surface area (Å²) in [4.78, 5) is 25.9. The highest BCUT2D eigenvalue weighted by molar-refractivity contribution is 6.35. The number of rotatable bonds is 3. The lowest BCUT2D eigenvalue weighted by molar-refractivity contribution is -0.141. The number of allylic oxidation sites excluding steroid dienone is 2. The zero-order valence-electron chi connectivity index (χ0n) is 15.2. The molecule has 2 aromatic rings. The Bertz CT molecular complexity index is 1100. The monoisotopic (exact) mass is 426 g/mol. The fourth-order valence-electron chi connectivity index (χ4n) is 5.54. The minimum absolute atomic E-state index is 0.183. The van der Waals surface area contributed by atoms with Crippen LogP contribution in [0.2, 0.25) is 10.0 Å². The van der Waals surface area contributed by atoms with Gasteiger partial charge in [-0.2, -0.15) is 10.1 Å². The molecule has 146 valence electrons. The molecule has 0 unspecified atom stereocenters. The Morgan fingerprint density at radius 3 is 2.38 bits per heavy atom. The molecule has 1 spiro atoms. The van der Waals surface area contributed by atoms with E-state index in [1.165, 1.54) is 6.21 Å². The summed E-state index contributed by atoms with van der Waals surface area (Å²) in [7, 11) is 0. The molecule has 1 aromatic carbocycles. The van der Waals surface area contributed by atoms with E-state index in [4.69, 9.17) is 27.6 Å². The second-order valence-electron chi connectivity index (χ2n) is 8.28. The third kappa shape index (κ3) is 2.31. The molecule has 4 atom stereocenters. The molecule has 3 aliphatic carbocycles. The van der Waals surface area contributed by atoms with Crippen LogP contribution in [-0.2, 0) is 9.59 Å². The smallest absolute Gasteiger partial charge is 0.254 e. The standard InChI is InChI=1S/C22H16Cl2N2O3/c23-11-1-5-16(24)13(9-11)17-6-2-12(29-17)10-25-26-20(27)18-14-3-4-15(19(18)21(26)28)22(14)7-8-22/h1-6,9-10,14-15,18-19H,7-8H2/b25-10-/t14-,15-,18-,19-/m1/s1. The molecule has 2 amide bonds. The van der Waals surface area contributed by atoms with Gasteiger partial charge in [0.15, 0.2) is 0 Å². The lowest BCUT2D eigenvalue weighted by Gasteiger charge is -2.18. The first kappa shape index (κ1) is 17.5. The highest BCUT2D eigenvalue weighted by Crippen LogP contribution is 2.73. The van der Waals surface area contributed by atoms with Crippen molar-refractivity contribution in [3.8, 4) is 11.3 Å². The highest BCUT2D eigenvalue weighted by Gasteiger charge is 2.73. The molecule has 0 N–H and O–H groups in total. The largest absolute Gasteiger partial charge is 0.455 e. The first-order valence-corrected chi connectivity index (χ1v) is 10.4. The SMILES string of the molecule is O=C1[C@H]2[C@H](C(=O)N1/N=C\c1ccc(-c3cc(Cl)ccc3Cl)o1)[C@H]1C=C[C@H]2C12CC2. The van der Waals surface area contributed by atoms with Crippen molar-refractivity contribution < 1.29 is 14.0 Å². The topological polar surface area (TPSA) is 62.9 Å². The van der Waals surface area contributed by atoms with E-state index in [1.807, 2.05) is 0 Å². The van der Waals surface area contributed by atoms with Gasteiger partial charge in [-0.05, 0) is 60.4 Å². The lowest BCUT2D eigenvalue weighted by atomic mass is 9.85. The van der Waals surface area contributed by atoms with E-state index in [9.17, 15) is 9.59 Å². The summed E-state index contributed by atoms with van der Waals surface area (Å²) in [6, 6.07) is 8.59. The van der Waals surface area contributed by atoms with Gasteiger partial charge in [0, 0.05) is 10.6 Å². The van der Waals surface area contributed by atoms with E-state index in [-0.39, 0.29) is 40.9 Å². The van der Waals surface area contributed by atoms with Crippen LogP contribution >= 0.6 is 23.2 Å². The molecule has 1 aromatic heterocycles. The number of halogens is 2. The minimum atomic E-state index is -0.255. The van der Waals surface area contributed by atoms with Crippen molar-refractivity contribution in [1.29, 1.82) is 0 Å². The zero-order valence-corrected chi connectivity index (χ0v) is 16.7. The number of fused-ring (bicyclic) bond motifs is 3. The molecule has 7 heteroatoms. The summed E-state index contributed by atoms with van der Waals surface area (Å²) in [5.74, 6) is 0.446. The number of imide groups is 1. The van der Waals surface area contributed by atoms with Gasteiger partial charge in [0.05, 0.1) is 23.1 Å². The van der Waals surface area contributed by atoms with Crippen molar-refractivity contribution in [3.05, 3.63) is 58.3 Å². The van der Waals surface area contributed by atoms with Crippen molar-refractivity contribution in [3.63, 3.8) is 0 Å². The number of hydrazone groups is 1. The van der Waals surface area contributed by atoms with Gasteiger partial charge < -0.3 is 4.42 Å². The van der Waals surface area contributed by atoms with Crippen molar-refractivity contribution in [2.45, 2.75) is 12.8 Å². The zero-order chi connectivity index (χ0) is 19.9. The number of carbonyl (C=O) groups excluding carboxylic acids is 2. The summed E-state index contributed by atoms with van der Waals surface area (Å²) in [6.07, 6.45) is 7.93. The molecule has 29 heavy (non-hydrogen) atoms. The molecule has 1 aliphatic heterocycles. The van der Waals surface area contributed by atoms with Crippen LogP contribution in [-0.4, -0.2) is 23.0 Å². The van der Waals surface area contributed by atoms with Crippen LogP contribution in [0.1, 0.15) is 18.6 Å². The summed E-state index contributed by atoms with van der Waals surface area (Å²) < 4.78 is 5.77. The van der Waals surface area contributed by atoms with E-state index in [1.54, 1.807) is 30.3 Å². The Kier molecular flexibility index (Phi) is 3.52. The first-order valence-electron chi connectivity index (χ1n) is 9.65. The fraction of sp³-hybridized carbons (Fsp3) is 0.318. The third-order valence-electron chi connectivity index (χ3n) is 6.95. The molecule has 0 radical (unpaired) electrons. The molecule has 5 nitrogen and oxygen atoms in total. The van der Waals surface area contributed by atoms with Gasteiger partial charge in [-0.25, -0.2) is 0 Å². The fourth-order valence-corrected chi connectivity index (χ4v) is 5.93. The van der Waals surface area contributed by atoms with E-state index in [0.717, 1.165) is 17.9 Å². The number of benzene rings is 1. The maximum Gasteiger partial charge on any atom is 0.254 e. The van der Waals surface area contributed by atoms with Crippen LogP contribution in [0.5, 0.6) is 0 Å². The van der Waals surface area contributed by atoms with Crippen LogP contribution < -0.4 is 0 Å². The molecule has 2 heterocycles. The van der Waals surface area contributed by atoms with Gasteiger partial charge in [0.25, 0.3) is 11.8 Å². The Balaban J connectivity index is 1.25. The summed E-state index contributed by atoms with van der Waals surface area (Å²) >= 11 is 12.3. The highest BCUT2D eigenvalue weighted by atomic mass is 35.5. The van der Waals surface area contributed by atoms with Gasteiger partial charge in [-0.3, -0.25) is 9.59 Å². The Hall–Kier alpha value is -2.37. The number of nitrogens with zero attached hydrogens (tertiary/aromatic N) is 2. The van der Waals surface area contributed by atoms with Crippen molar-refractivity contribution in [2.24, 2.45) is 34.2 Å². The van der Waals surface area contributed by atoms with Gasteiger partial charge in [0.2, 0.25) is 0 Å². The van der Waals surface area contributed by atoms with E-state index in [0.29, 0.717) is 27.1 Å². The van der Waals surface area contributed by atoms with Crippen LogP contribution in [0.15, 0.2) is 52.0 Å². The summed E-state index contributed by atoms with van der Waals surface area (Å²) in [5, 5.41) is 6.28. The average Bonchev–Trinajstić information content (AvgIpc) is 2.99. The molecule has 2 saturated carbocycles. The number of hydrogen-bond acceptors (Lipinski definition) is 4. The Morgan fingerprint density at radius 2 is 1.72 bits per heavy atom. The average molecular weight is 427 g/mol. The van der Waals surface area contributed by atoms with Crippen LogP contribution in [0.3, 0.4) is 0 Å². The van der Waals surface area contributed by atoms with Crippen LogP contribution in [0.4, 0.5) is 0 Å². The number of carbonyl (C=O) groups is 2. The van der Waals surface area contributed by atoms with Crippen molar-refractivity contribution in [2.75, 3.05) is 0 Å². The van der Waals surface area contributed by atoms with Gasteiger partial charge >= 0.3 is 0 Å². The maximum atomic E-state index is 12.9. The predicted molar refractivity (Wildman–Crippen MR) is 108 cm³/mol. The number of hydrogen-bond donors (Lipinski definition) is 0. The second-order valence-corrected chi connectivity index (χ2v) is 9.12. The van der Waals surface area contributed by atoms with E-state index in [2.05, 4.69) is 17.3 Å². The maximum absolute atomic E-state index is 12.9. The van der Waals surface area contributed by atoms with Gasteiger partial charge in [-0.1, -0.05) is 35.4 Å². The van der Waals surface area contributed by atoms with Crippen molar-refractivity contribution in [1.82, 2.24) is 5.01 Å². The van der Waals surface area contributed by atoms with Crippen LogP contribution in [0.25, 0.3) is 11.3 Å². The van der Waals surface area contributed by atoms with Crippen molar-refractivity contribution >= 4 is 41.2 Å². The summed E-state index contributed by atoms with van der Waals surface area (Å²) in [5.41, 5.74) is 0.849. The summed E-state index contributed by atoms with van der Waals surface area (Å²) in [6.45, 7) is 0. The number of amides is 2. The van der Waals surface area contributed by atoms with E-state index >= 15 is 0 Å². The Morgan fingerprint density at radius 1 is 1.03 bits per heavy atom. The second kappa shape index (κ2) is 5.83. The molecular weight excluding hydrogens is 411 g/mol. The van der Waals surface area contributed by atoms with Gasteiger partial charge in [0.1, 0.15) is 11.5 Å². The van der Waals surface area contributed by atoms with Crippen LogP contribution in [0, 0.1) is 29.1 Å². The first-order chi connectivity index (χ1) is 14.0. The minimum Gasteiger partial charge on any atom is -0.455 e. The molecular formula is C22H16Cl2N2O3. The lowest BCUT2D eigenvalue weighted by Crippen LogP contribution is -2.30.